The summed E-state index contributed by atoms with van der Waals surface area (Å²) < 4.78 is 5.45. The summed E-state index contributed by atoms with van der Waals surface area (Å²) in [6.45, 7) is 2.21. The Kier molecular flexibility index (Phi) is 7.41. The Labute approximate surface area is 108 Å². The number of carboxylic acids is 1. The molecule has 1 rings (SSSR count). The van der Waals surface area contributed by atoms with E-state index in [2.05, 4.69) is 5.32 Å². The largest absolute Gasteiger partial charge is 0.481 e. The first-order chi connectivity index (χ1) is 8.68. The third-order valence-corrected chi connectivity index (χ3v) is 2.88. The van der Waals surface area contributed by atoms with E-state index in [4.69, 9.17) is 9.84 Å². The van der Waals surface area contributed by atoms with Crippen molar-refractivity contribution in [3.8, 4) is 0 Å². The molecule has 1 fully saturated rings. The molecule has 5 nitrogen and oxygen atoms in total. The van der Waals surface area contributed by atoms with Gasteiger partial charge in [-0.25, -0.2) is 0 Å². The molecule has 5 heteroatoms. The Hall–Kier alpha value is -1.10. The van der Waals surface area contributed by atoms with E-state index in [1.807, 2.05) is 0 Å². The van der Waals surface area contributed by atoms with E-state index in [0.29, 0.717) is 32.4 Å². The van der Waals surface area contributed by atoms with Gasteiger partial charge in [-0.3, -0.25) is 9.59 Å². The molecule has 0 radical (unpaired) electrons. The fourth-order valence-electron chi connectivity index (χ4n) is 1.59. The lowest BCUT2D eigenvalue weighted by molar-refractivity contribution is -0.137. The van der Waals surface area contributed by atoms with Gasteiger partial charge >= 0.3 is 5.97 Å². The molecule has 0 saturated heterocycles. The van der Waals surface area contributed by atoms with Gasteiger partial charge in [0.25, 0.3) is 0 Å². The normalized spacial score (nSPS) is 14.4. The van der Waals surface area contributed by atoms with Crippen molar-refractivity contribution in [3.63, 3.8) is 0 Å². The molecule has 0 unspecified atom stereocenters. The van der Waals surface area contributed by atoms with Crippen molar-refractivity contribution in [3.05, 3.63) is 0 Å². The maximum Gasteiger partial charge on any atom is 0.303 e. The van der Waals surface area contributed by atoms with E-state index in [9.17, 15) is 9.59 Å². The highest BCUT2D eigenvalue weighted by Crippen LogP contribution is 2.28. The second-order valence-electron chi connectivity index (χ2n) is 4.82. The maximum absolute atomic E-state index is 11.3. The van der Waals surface area contributed by atoms with Gasteiger partial charge in [-0.2, -0.15) is 0 Å². The Balaban J connectivity index is 1.79. The van der Waals surface area contributed by atoms with Gasteiger partial charge in [-0.05, 0) is 38.0 Å². The van der Waals surface area contributed by atoms with Gasteiger partial charge in [0.1, 0.15) is 0 Å². The average molecular weight is 257 g/mol. The van der Waals surface area contributed by atoms with E-state index >= 15 is 0 Å². The van der Waals surface area contributed by atoms with E-state index in [-0.39, 0.29) is 12.3 Å². The highest BCUT2D eigenvalue weighted by molar-refractivity contribution is 5.75. The molecule has 1 amide bonds. The predicted octanol–water partition coefficient (Wildman–Crippen LogP) is 1.56. The van der Waals surface area contributed by atoms with Crippen molar-refractivity contribution in [2.45, 2.75) is 44.9 Å². The van der Waals surface area contributed by atoms with Crippen LogP contribution in [0.15, 0.2) is 0 Å². The number of ether oxygens (including phenoxy) is 1. The molecule has 1 aliphatic rings. The monoisotopic (exact) mass is 257 g/mol. The smallest absolute Gasteiger partial charge is 0.303 e. The van der Waals surface area contributed by atoms with Crippen LogP contribution in [0, 0.1) is 5.92 Å². The lowest BCUT2D eigenvalue weighted by atomic mass is 10.2. The van der Waals surface area contributed by atoms with E-state index in [0.717, 1.165) is 18.9 Å². The first-order valence-corrected chi connectivity index (χ1v) is 6.74. The van der Waals surface area contributed by atoms with Gasteiger partial charge < -0.3 is 15.2 Å². The van der Waals surface area contributed by atoms with E-state index in [1.54, 1.807) is 0 Å². The summed E-state index contributed by atoms with van der Waals surface area (Å²) >= 11 is 0. The van der Waals surface area contributed by atoms with Gasteiger partial charge in [0.05, 0.1) is 0 Å². The predicted molar refractivity (Wildman–Crippen MR) is 67.3 cm³/mol. The number of rotatable bonds is 11. The molecule has 18 heavy (non-hydrogen) atoms. The van der Waals surface area contributed by atoms with Crippen LogP contribution in [0.1, 0.15) is 44.9 Å². The molecule has 0 aromatic carbocycles. The molecular weight excluding hydrogens is 234 g/mol. The number of carbonyl (C=O) groups is 2. The van der Waals surface area contributed by atoms with Gasteiger partial charge in [-0.1, -0.05) is 0 Å². The second-order valence-corrected chi connectivity index (χ2v) is 4.82. The highest BCUT2D eigenvalue weighted by Gasteiger charge is 2.20. The zero-order chi connectivity index (χ0) is 13.2. The fraction of sp³-hybridized carbons (Fsp3) is 0.846. The summed E-state index contributed by atoms with van der Waals surface area (Å²) in [6.07, 6.45) is 5.19. The Morgan fingerprint density at radius 1 is 1.17 bits per heavy atom. The summed E-state index contributed by atoms with van der Waals surface area (Å²) in [5.74, 6) is -0.0142. The summed E-state index contributed by atoms with van der Waals surface area (Å²) in [7, 11) is 0. The molecule has 0 heterocycles. The third kappa shape index (κ3) is 8.98. The van der Waals surface area contributed by atoms with E-state index < -0.39 is 5.97 Å². The molecule has 0 atom stereocenters. The summed E-state index contributed by atoms with van der Waals surface area (Å²) in [6, 6.07) is 0. The van der Waals surface area contributed by atoms with Crippen molar-refractivity contribution < 1.29 is 19.4 Å². The van der Waals surface area contributed by atoms with E-state index in [1.165, 1.54) is 12.8 Å². The number of aliphatic carboxylic acids is 1. The minimum atomic E-state index is -0.803. The minimum absolute atomic E-state index is 0.00239. The maximum atomic E-state index is 11.3. The molecule has 0 aliphatic heterocycles. The first-order valence-electron chi connectivity index (χ1n) is 6.74. The van der Waals surface area contributed by atoms with Crippen LogP contribution in [0.4, 0.5) is 0 Å². The number of unbranched alkanes of at least 4 members (excludes halogenated alkanes) is 1. The zero-order valence-electron chi connectivity index (χ0n) is 10.8. The van der Waals surface area contributed by atoms with Crippen LogP contribution in [0.2, 0.25) is 0 Å². The number of hydrogen-bond acceptors (Lipinski definition) is 3. The van der Waals surface area contributed by atoms with Crippen LogP contribution in [0.3, 0.4) is 0 Å². The molecule has 0 aromatic heterocycles. The highest BCUT2D eigenvalue weighted by atomic mass is 16.5. The van der Waals surface area contributed by atoms with Crippen LogP contribution in [-0.4, -0.2) is 36.7 Å². The molecule has 1 aliphatic carbocycles. The molecule has 2 N–H and O–H groups in total. The molecule has 0 spiro atoms. The molecule has 0 aromatic rings. The standard InChI is InChI=1S/C13H23NO4/c15-12(4-1-2-5-13(16)17)14-8-3-9-18-10-11-6-7-11/h11H,1-10H2,(H,14,15)(H,16,17). The quantitative estimate of drug-likeness (QED) is 0.551. The lowest BCUT2D eigenvalue weighted by Gasteiger charge is -2.05. The van der Waals surface area contributed by atoms with Crippen LogP contribution < -0.4 is 5.32 Å². The summed E-state index contributed by atoms with van der Waals surface area (Å²) in [4.78, 5) is 21.6. The SMILES string of the molecule is O=C(O)CCCCC(=O)NCCCOCC1CC1. The third-order valence-electron chi connectivity index (χ3n) is 2.88. The minimum Gasteiger partial charge on any atom is -0.481 e. The van der Waals surface area contributed by atoms with Gasteiger partial charge in [0.15, 0.2) is 0 Å². The second kappa shape index (κ2) is 8.91. The molecule has 104 valence electrons. The average Bonchev–Trinajstić information content (AvgIpc) is 3.13. The molecular formula is C13H23NO4. The number of nitrogens with one attached hydrogen (secondary N) is 1. The molecule has 0 bridgehead atoms. The van der Waals surface area contributed by atoms with Crippen LogP contribution in [0.5, 0.6) is 0 Å². The summed E-state index contributed by atoms with van der Waals surface area (Å²) in [5.41, 5.74) is 0. The topological polar surface area (TPSA) is 75.6 Å². The molecule has 1 saturated carbocycles. The van der Waals surface area contributed by atoms with Crippen molar-refractivity contribution in [1.29, 1.82) is 0 Å². The first kappa shape index (κ1) is 15.0. The van der Waals surface area contributed by atoms with Crippen molar-refractivity contribution in [1.82, 2.24) is 5.32 Å². The Morgan fingerprint density at radius 2 is 1.89 bits per heavy atom. The number of carbonyl (C=O) groups excluding carboxylic acids is 1. The number of amides is 1. The van der Waals surface area contributed by atoms with Gasteiger partial charge in [0.2, 0.25) is 5.91 Å². The fourth-order valence-corrected chi connectivity index (χ4v) is 1.59. The van der Waals surface area contributed by atoms with Crippen LogP contribution in [0.25, 0.3) is 0 Å². The lowest BCUT2D eigenvalue weighted by Crippen LogP contribution is -2.25. The van der Waals surface area contributed by atoms with Crippen molar-refractivity contribution >= 4 is 11.9 Å². The van der Waals surface area contributed by atoms with Crippen LogP contribution >= 0.6 is 0 Å². The number of carboxylic acid groups (broad SMARTS) is 1. The Morgan fingerprint density at radius 3 is 2.56 bits per heavy atom. The Bertz CT molecular complexity index is 264. The summed E-state index contributed by atoms with van der Waals surface area (Å²) in [5, 5.41) is 11.2. The number of hydrogen-bond donors (Lipinski definition) is 2. The van der Waals surface area contributed by atoms with Crippen molar-refractivity contribution in [2.75, 3.05) is 19.8 Å². The zero-order valence-corrected chi connectivity index (χ0v) is 10.8. The van der Waals surface area contributed by atoms with Gasteiger partial charge in [0, 0.05) is 32.6 Å². The van der Waals surface area contributed by atoms with Crippen molar-refractivity contribution in [2.24, 2.45) is 5.92 Å². The van der Waals surface area contributed by atoms with Crippen LogP contribution in [-0.2, 0) is 14.3 Å². The van der Waals surface area contributed by atoms with Gasteiger partial charge in [-0.15, -0.1) is 0 Å².